The Bertz CT molecular complexity index is 735. The number of hydrogen-bond acceptors (Lipinski definition) is 3. The van der Waals surface area contributed by atoms with E-state index in [2.05, 4.69) is 54.8 Å². The summed E-state index contributed by atoms with van der Waals surface area (Å²) in [7, 11) is 2.01. The Morgan fingerprint density at radius 2 is 2.05 bits per heavy atom. The van der Waals surface area contributed by atoms with Crippen LogP contribution in [0.3, 0.4) is 0 Å². The topological polar surface area (TPSA) is 44.8 Å². The van der Waals surface area contributed by atoms with Gasteiger partial charge in [0.05, 0.1) is 17.4 Å². The number of fused-ring (bicyclic) bond motifs is 1. The summed E-state index contributed by atoms with van der Waals surface area (Å²) in [5.74, 6) is 0.946. The van der Waals surface area contributed by atoms with Crippen molar-refractivity contribution in [2.75, 3.05) is 11.9 Å². The molecule has 0 saturated heterocycles. The Hall–Kier alpha value is -1.88. The fourth-order valence-electron chi connectivity index (χ4n) is 2.14. The average Bonchev–Trinajstić information content (AvgIpc) is 2.85. The predicted octanol–water partition coefficient (Wildman–Crippen LogP) is 3.80. The van der Waals surface area contributed by atoms with E-state index in [0.717, 1.165) is 32.6 Å². The van der Waals surface area contributed by atoms with Crippen molar-refractivity contribution in [2.24, 2.45) is 0 Å². The van der Waals surface area contributed by atoms with Crippen LogP contribution in [-0.4, -0.2) is 22.0 Å². The molecule has 2 aromatic heterocycles. The number of halogens is 1. The third-order valence-electron chi connectivity index (χ3n) is 3.13. The third kappa shape index (κ3) is 2.21. The summed E-state index contributed by atoms with van der Waals surface area (Å²) in [6, 6.07) is 8.19. The van der Waals surface area contributed by atoms with Gasteiger partial charge in [0.1, 0.15) is 5.82 Å². The van der Waals surface area contributed by atoms with Crippen molar-refractivity contribution < 1.29 is 0 Å². The highest BCUT2D eigenvalue weighted by atomic mass is 79.9. The van der Waals surface area contributed by atoms with Crippen LogP contribution >= 0.6 is 15.9 Å². The molecule has 0 amide bonds. The Morgan fingerprint density at radius 1 is 1.21 bits per heavy atom. The first-order valence-electron chi connectivity index (χ1n) is 5.94. The lowest BCUT2D eigenvalue weighted by atomic mass is 10.2. The van der Waals surface area contributed by atoms with Gasteiger partial charge in [-0.25, -0.2) is 9.97 Å². The van der Waals surface area contributed by atoms with Crippen LogP contribution in [0.4, 0.5) is 11.5 Å². The van der Waals surface area contributed by atoms with Crippen LogP contribution in [0.1, 0.15) is 5.56 Å². The maximum absolute atomic E-state index is 4.48. The number of nitrogens with zero attached hydrogens (tertiary/aromatic N) is 3. The Kier molecular flexibility index (Phi) is 2.98. The van der Waals surface area contributed by atoms with Crippen LogP contribution in [0.25, 0.3) is 11.0 Å². The molecule has 0 aliphatic heterocycles. The fourth-order valence-corrected chi connectivity index (χ4v) is 2.58. The number of aryl methyl sites for hydroxylation is 1. The number of H-pyrrole nitrogens is 1. The highest BCUT2D eigenvalue weighted by Gasteiger charge is 2.10. The molecule has 0 spiro atoms. The maximum Gasteiger partial charge on any atom is 0.135 e. The lowest BCUT2D eigenvalue weighted by Crippen LogP contribution is -2.12. The molecule has 3 aromatic rings. The van der Waals surface area contributed by atoms with Crippen LogP contribution in [-0.2, 0) is 0 Å². The number of nitrogens with one attached hydrogen (secondary N) is 1. The molecular weight excluding hydrogens is 304 g/mol. The average molecular weight is 317 g/mol. The predicted molar refractivity (Wildman–Crippen MR) is 80.8 cm³/mol. The molecule has 0 unspecified atom stereocenters. The molecule has 2 heterocycles. The SMILES string of the molecule is Cc1cc(Br)cnc1N(C)c1ccc2nc[nH]c2c1. The lowest BCUT2D eigenvalue weighted by molar-refractivity contribution is 1.10. The number of aromatic amines is 1. The molecule has 19 heavy (non-hydrogen) atoms. The lowest BCUT2D eigenvalue weighted by Gasteiger charge is -2.20. The van der Waals surface area contributed by atoms with Crippen molar-refractivity contribution >= 4 is 38.5 Å². The molecule has 0 saturated carbocycles. The molecule has 0 atom stereocenters. The summed E-state index contributed by atoms with van der Waals surface area (Å²) >= 11 is 3.43. The molecule has 0 aliphatic carbocycles. The summed E-state index contributed by atoms with van der Waals surface area (Å²) in [4.78, 5) is 13.9. The highest BCUT2D eigenvalue weighted by molar-refractivity contribution is 9.10. The summed E-state index contributed by atoms with van der Waals surface area (Å²) in [5.41, 5.74) is 4.20. The van der Waals surface area contributed by atoms with Gasteiger partial charge in [-0.2, -0.15) is 0 Å². The number of imidazole rings is 1. The van der Waals surface area contributed by atoms with Crippen molar-refractivity contribution in [3.63, 3.8) is 0 Å². The molecule has 0 fully saturated rings. The normalized spacial score (nSPS) is 10.9. The first-order chi connectivity index (χ1) is 9.15. The van der Waals surface area contributed by atoms with Gasteiger partial charge in [-0.3, -0.25) is 0 Å². The zero-order valence-corrected chi connectivity index (χ0v) is 12.3. The summed E-state index contributed by atoms with van der Waals surface area (Å²) in [6.45, 7) is 2.05. The molecule has 0 radical (unpaired) electrons. The molecular formula is C14H13BrN4. The first kappa shape index (κ1) is 12.2. The Morgan fingerprint density at radius 3 is 2.84 bits per heavy atom. The van der Waals surface area contributed by atoms with E-state index in [1.165, 1.54) is 0 Å². The van der Waals surface area contributed by atoms with Crippen molar-refractivity contribution in [1.82, 2.24) is 15.0 Å². The van der Waals surface area contributed by atoms with Gasteiger partial charge in [0.25, 0.3) is 0 Å². The van der Waals surface area contributed by atoms with Gasteiger partial charge in [-0.1, -0.05) is 0 Å². The van der Waals surface area contributed by atoms with E-state index in [-0.39, 0.29) is 0 Å². The van der Waals surface area contributed by atoms with Gasteiger partial charge < -0.3 is 9.88 Å². The van der Waals surface area contributed by atoms with E-state index >= 15 is 0 Å². The number of rotatable bonds is 2. The van der Waals surface area contributed by atoms with E-state index in [4.69, 9.17) is 0 Å². The zero-order chi connectivity index (χ0) is 13.4. The molecule has 4 nitrogen and oxygen atoms in total. The largest absolute Gasteiger partial charge is 0.345 e. The molecule has 5 heteroatoms. The molecule has 1 aromatic carbocycles. The molecule has 0 bridgehead atoms. The smallest absolute Gasteiger partial charge is 0.135 e. The van der Waals surface area contributed by atoms with Crippen LogP contribution in [0.2, 0.25) is 0 Å². The summed E-state index contributed by atoms with van der Waals surface area (Å²) < 4.78 is 0.992. The third-order valence-corrected chi connectivity index (χ3v) is 3.56. The summed E-state index contributed by atoms with van der Waals surface area (Å²) in [6.07, 6.45) is 3.52. The first-order valence-corrected chi connectivity index (χ1v) is 6.73. The molecule has 3 rings (SSSR count). The monoisotopic (exact) mass is 316 g/mol. The van der Waals surface area contributed by atoms with Crippen molar-refractivity contribution in [3.05, 3.63) is 46.8 Å². The van der Waals surface area contributed by atoms with Gasteiger partial charge in [-0.15, -0.1) is 0 Å². The maximum atomic E-state index is 4.48. The fraction of sp³-hybridized carbons (Fsp3) is 0.143. The van der Waals surface area contributed by atoms with Crippen molar-refractivity contribution in [1.29, 1.82) is 0 Å². The number of benzene rings is 1. The second-order valence-corrected chi connectivity index (χ2v) is 5.37. The van der Waals surface area contributed by atoms with Gasteiger partial charge in [0.2, 0.25) is 0 Å². The number of pyridine rings is 1. The van der Waals surface area contributed by atoms with Gasteiger partial charge in [0, 0.05) is 23.4 Å². The standard InChI is InChI=1S/C14H13BrN4/c1-9-5-10(15)7-16-14(9)19(2)11-3-4-12-13(6-11)18-8-17-12/h3-8H,1-2H3,(H,17,18). The van der Waals surface area contributed by atoms with Gasteiger partial charge in [-0.05, 0) is 52.7 Å². The van der Waals surface area contributed by atoms with Crippen molar-refractivity contribution in [3.8, 4) is 0 Å². The van der Waals surface area contributed by atoms with E-state index in [9.17, 15) is 0 Å². The van der Waals surface area contributed by atoms with E-state index in [1.54, 1.807) is 6.33 Å². The Labute approximate surface area is 119 Å². The van der Waals surface area contributed by atoms with Crippen molar-refractivity contribution in [2.45, 2.75) is 6.92 Å². The minimum absolute atomic E-state index is 0.946. The van der Waals surface area contributed by atoms with E-state index in [1.807, 2.05) is 25.4 Å². The summed E-state index contributed by atoms with van der Waals surface area (Å²) in [5, 5.41) is 0. The second-order valence-electron chi connectivity index (χ2n) is 4.46. The van der Waals surface area contributed by atoms with Crippen LogP contribution in [0, 0.1) is 6.92 Å². The second kappa shape index (κ2) is 4.66. The van der Waals surface area contributed by atoms with Gasteiger partial charge in [0.15, 0.2) is 0 Å². The van der Waals surface area contributed by atoms with Crippen LogP contribution in [0.15, 0.2) is 41.3 Å². The number of aromatic nitrogens is 3. The minimum atomic E-state index is 0.946. The Balaban J connectivity index is 2.04. The van der Waals surface area contributed by atoms with Gasteiger partial charge >= 0.3 is 0 Å². The van der Waals surface area contributed by atoms with E-state index < -0.39 is 0 Å². The highest BCUT2D eigenvalue weighted by Crippen LogP contribution is 2.27. The number of hydrogen-bond donors (Lipinski definition) is 1. The quantitative estimate of drug-likeness (QED) is 0.782. The van der Waals surface area contributed by atoms with Crippen LogP contribution < -0.4 is 4.90 Å². The minimum Gasteiger partial charge on any atom is -0.345 e. The molecule has 0 aliphatic rings. The molecule has 96 valence electrons. The zero-order valence-electron chi connectivity index (χ0n) is 10.7. The van der Waals surface area contributed by atoms with Crippen LogP contribution in [0.5, 0.6) is 0 Å². The molecule has 1 N–H and O–H groups in total. The number of anilines is 2. The van der Waals surface area contributed by atoms with E-state index in [0.29, 0.717) is 0 Å².